The van der Waals surface area contributed by atoms with Crippen LogP contribution in [-0.2, 0) is 19.2 Å². The fraction of sp³-hybridized carbons (Fsp3) is 0.789. The lowest BCUT2D eigenvalue weighted by Gasteiger charge is -2.29. The van der Waals surface area contributed by atoms with Crippen LogP contribution in [0, 0.1) is 17.8 Å². The monoisotopic (exact) mass is 432 g/mol. The van der Waals surface area contributed by atoms with Gasteiger partial charge in [-0.15, -0.1) is 0 Å². The second-order valence-corrected chi connectivity index (χ2v) is 8.32. The molecule has 0 bridgehead atoms. The first-order valence-corrected chi connectivity index (χ1v) is 10.5. The normalized spacial score (nSPS) is 16.5. The van der Waals surface area contributed by atoms with Gasteiger partial charge in [-0.2, -0.15) is 12.6 Å². The highest BCUT2D eigenvalue weighted by Crippen LogP contribution is 2.11. The van der Waals surface area contributed by atoms with E-state index >= 15 is 0 Å². The second kappa shape index (κ2) is 12.7. The molecule has 0 heterocycles. The maximum Gasteiger partial charge on any atom is 0.326 e. The Labute approximate surface area is 178 Å². The standard InChI is InChI=1S/C19H36N4O5S/c1-7-11(6)15(23-16(24)12(20)8-29)18(26)21-13(9(2)3)17(25)22-14(10(4)5)19(27)28/h9-15,29H,7-8,20H2,1-6H3,(H,21,26)(H,22,25)(H,23,24)(H,27,28). The molecule has 168 valence electrons. The largest absolute Gasteiger partial charge is 0.480 e. The Balaban J connectivity index is 5.44. The number of hydrogen-bond acceptors (Lipinski definition) is 6. The molecule has 5 unspecified atom stereocenters. The number of rotatable bonds is 12. The van der Waals surface area contributed by atoms with Gasteiger partial charge in [0.15, 0.2) is 0 Å². The molecule has 29 heavy (non-hydrogen) atoms. The summed E-state index contributed by atoms with van der Waals surface area (Å²) in [6.07, 6.45) is 0.613. The minimum atomic E-state index is -1.15. The average Bonchev–Trinajstić information content (AvgIpc) is 2.65. The van der Waals surface area contributed by atoms with E-state index in [2.05, 4.69) is 28.6 Å². The van der Waals surface area contributed by atoms with Crippen molar-refractivity contribution in [1.82, 2.24) is 16.0 Å². The molecule has 9 nitrogen and oxygen atoms in total. The molecule has 6 N–H and O–H groups in total. The van der Waals surface area contributed by atoms with Crippen molar-refractivity contribution < 1.29 is 24.3 Å². The number of carbonyl (C=O) groups excluding carboxylic acids is 3. The molecule has 0 fully saturated rings. The van der Waals surface area contributed by atoms with Crippen LogP contribution in [0.2, 0.25) is 0 Å². The summed E-state index contributed by atoms with van der Waals surface area (Å²) in [4.78, 5) is 49.1. The van der Waals surface area contributed by atoms with E-state index in [1.165, 1.54) is 0 Å². The molecule has 0 rings (SSSR count). The molecule has 0 radical (unpaired) electrons. The van der Waals surface area contributed by atoms with Gasteiger partial charge < -0.3 is 26.8 Å². The van der Waals surface area contributed by atoms with Crippen molar-refractivity contribution in [3.63, 3.8) is 0 Å². The Bertz CT molecular complexity index is 585. The summed E-state index contributed by atoms with van der Waals surface area (Å²) in [5.41, 5.74) is 5.68. The van der Waals surface area contributed by atoms with Gasteiger partial charge in [0.2, 0.25) is 17.7 Å². The highest BCUT2D eigenvalue weighted by molar-refractivity contribution is 7.80. The van der Waals surface area contributed by atoms with Crippen LogP contribution in [-0.4, -0.2) is 58.7 Å². The molecule has 5 atom stereocenters. The maximum absolute atomic E-state index is 12.9. The van der Waals surface area contributed by atoms with Gasteiger partial charge in [-0.3, -0.25) is 14.4 Å². The predicted molar refractivity (Wildman–Crippen MR) is 114 cm³/mol. The number of carboxylic acid groups (broad SMARTS) is 1. The summed E-state index contributed by atoms with van der Waals surface area (Å²) < 4.78 is 0. The number of hydrogen-bond donors (Lipinski definition) is 6. The minimum absolute atomic E-state index is 0.128. The highest BCUT2D eigenvalue weighted by atomic mass is 32.1. The molecule has 0 aromatic rings. The van der Waals surface area contributed by atoms with Crippen LogP contribution < -0.4 is 21.7 Å². The Morgan fingerprint density at radius 3 is 1.62 bits per heavy atom. The Hall–Kier alpha value is -1.81. The topological polar surface area (TPSA) is 151 Å². The smallest absolute Gasteiger partial charge is 0.326 e. The van der Waals surface area contributed by atoms with Crippen molar-refractivity contribution in [3.8, 4) is 0 Å². The van der Waals surface area contributed by atoms with Crippen LogP contribution in [0.1, 0.15) is 48.0 Å². The molecular weight excluding hydrogens is 396 g/mol. The van der Waals surface area contributed by atoms with Gasteiger partial charge in [0.1, 0.15) is 18.1 Å². The van der Waals surface area contributed by atoms with Gasteiger partial charge >= 0.3 is 5.97 Å². The Kier molecular flexibility index (Phi) is 11.9. The van der Waals surface area contributed by atoms with Crippen molar-refractivity contribution in [3.05, 3.63) is 0 Å². The number of aliphatic carboxylic acids is 1. The maximum atomic E-state index is 12.9. The van der Waals surface area contributed by atoms with Crippen LogP contribution in [0.15, 0.2) is 0 Å². The third-order valence-electron chi connectivity index (χ3n) is 4.80. The fourth-order valence-corrected chi connectivity index (χ4v) is 2.75. The third kappa shape index (κ3) is 8.61. The van der Waals surface area contributed by atoms with Gasteiger partial charge in [-0.1, -0.05) is 48.0 Å². The number of nitrogens with one attached hydrogen (secondary N) is 3. The van der Waals surface area contributed by atoms with E-state index in [1.807, 2.05) is 6.92 Å². The van der Waals surface area contributed by atoms with Crippen LogP contribution in [0.5, 0.6) is 0 Å². The lowest BCUT2D eigenvalue weighted by atomic mass is 9.96. The quantitative estimate of drug-likeness (QED) is 0.241. The second-order valence-electron chi connectivity index (χ2n) is 7.96. The van der Waals surface area contributed by atoms with E-state index < -0.39 is 47.9 Å². The fourth-order valence-electron chi connectivity index (χ4n) is 2.58. The molecule has 0 aliphatic rings. The molecule has 0 saturated carbocycles. The summed E-state index contributed by atoms with van der Waals surface area (Å²) in [5, 5.41) is 17.1. The number of amides is 3. The number of carboxylic acids is 1. The zero-order valence-corrected chi connectivity index (χ0v) is 19.0. The van der Waals surface area contributed by atoms with Gasteiger partial charge in [0, 0.05) is 5.75 Å². The predicted octanol–water partition coefficient (Wildman–Crippen LogP) is 0.141. The molecule has 0 aromatic heterocycles. The van der Waals surface area contributed by atoms with E-state index in [1.54, 1.807) is 34.6 Å². The van der Waals surface area contributed by atoms with Crippen LogP contribution in [0.3, 0.4) is 0 Å². The van der Waals surface area contributed by atoms with Crippen molar-refractivity contribution >= 4 is 36.3 Å². The van der Waals surface area contributed by atoms with Gasteiger partial charge in [-0.05, 0) is 17.8 Å². The Morgan fingerprint density at radius 1 is 0.828 bits per heavy atom. The lowest BCUT2D eigenvalue weighted by Crippen LogP contribution is -2.60. The summed E-state index contributed by atoms with van der Waals surface area (Å²) in [6.45, 7) is 10.5. The van der Waals surface area contributed by atoms with E-state index in [9.17, 15) is 24.3 Å². The SMILES string of the molecule is CCC(C)C(NC(=O)C(N)CS)C(=O)NC(C(=O)NC(C(=O)O)C(C)C)C(C)C. The van der Waals surface area contributed by atoms with E-state index in [-0.39, 0.29) is 23.5 Å². The van der Waals surface area contributed by atoms with Crippen LogP contribution in [0.25, 0.3) is 0 Å². The van der Waals surface area contributed by atoms with Gasteiger partial charge in [-0.25, -0.2) is 4.79 Å². The van der Waals surface area contributed by atoms with E-state index in [4.69, 9.17) is 5.73 Å². The molecule has 0 spiro atoms. The molecule has 3 amide bonds. The van der Waals surface area contributed by atoms with Crippen molar-refractivity contribution in [1.29, 1.82) is 0 Å². The molecule has 0 saturated heterocycles. The van der Waals surface area contributed by atoms with Crippen molar-refractivity contribution in [2.45, 2.75) is 72.1 Å². The van der Waals surface area contributed by atoms with Crippen molar-refractivity contribution in [2.75, 3.05) is 5.75 Å². The van der Waals surface area contributed by atoms with E-state index in [0.717, 1.165) is 0 Å². The first-order chi connectivity index (χ1) is 13.4. The molecule has 10 heteroatoms. The molecule has 0 aliphatic carbocycles. The lowest BCUT2D eigenvalue weighted by molar-refractivity contribution is -0.144. The number of carbonyl (C=O) groups is 4. The average molecular weight is 433 g/mol. The first-order valence-electron chi connectivity index (χ1n) is 9.87. The summed E-state index contributed by atoms with van der Waals surface area (Å²) in [5.74, 6) is -3.46. The van der Waals surface area contributed by atoms with Crippen LogP contribution >= 0.6 is 12.6 Å². The number of nitrogens with two attached hydrogens (primary N) is 1. The zero-order valence-electron chi connectivity index (χ0n) is 18.1. The van der Waals surface area contributed by atoms with Crippen LogP contribution in [0.4, 0.5) is 0 Å². The number of thiol groups is 1. The minimum Gasteiger partial charge on any atom is -0.480 e. The van der Waals surface area contributed by atoms with Crippen molar-refractivity contribution in [2.24, 2.45) is 23.5 Å². The summed E-state index contributed by atoms with van der Waals surface area (Å²) in [6, 6.07) is -3.76. The van der Waals surface area contributed by atoms with Gasteiger partial charge in [0.05, 0.1) is 6.04 Å². The molecule has 0 aromatic carbocycles. The summed E-state index contributed by atoms with van der Waals surface area (Å²) >= 11 is 3.99. The van der Waals surface area contributed by atoms with E-state index in [0.29, 0.717) is 6.42 Å². The van der Waals surface area contributed by atoms with Gasteiger partial charge in [0.25, 0.3) is 0 Å². The highest BCUT2D eigenvalue weighted by Gasteiger charge is 2.34. The third-order valence-corrected chi connectivity index (χ3v) is 5.20. The molecular formula is C19H36N4O5S. The Morgan fingerprint density at radius 2 is 1.24 bits per heavy atom. The summed E-state index contributed by atoms with van der Waals surface area (Å²) in [7, 11) is 0. The first kappa shape index (κ1) is 27.2. The zero-order chi connectivity index (χ0) is 22.9. The molecule has 0 aliphatic heterocycles.